The van der Waals surface area contributed by atoms with Gasteiger partial charge in [0.2, 0.25) is 0 Å². The van der Waals surface area contributed by atoms with E-state index in [4.69, 9.17) is 0 Å². The minimum absolute atomic E-state index is 0.281. The summed E-state index contributed by atoms with van der Waals surface area (Å²) in [4.78, 5) is 0. The van der Waals surface area contributed by atoms with Crippen LogP contribution in [0.5, 0.6) is 0 Å². The van der Waals surface area contributed by atoms with Crippen molar-refractivity contribution in [3.8, 4) is 0 Å². The van der Waals surface area contributed by atoms with E-state index < -0.39 is 0 Å². The lowest BCUT2D eigenvalue weighted by Gasteiger charge is -2.34. The van der Waals surface area contributed by atoms with Crippen LogP contribution in [0.15, 0.2) is 12.3 Å². The van der Waals surface area contributed by atoms with Crippen LogP contribution >= 0.6 is 0 Å². The largest absolute Gasteiger partial charge is 0.316 e. The van der Waals surface area contributed by atoms with Gasteiger partial charge in [0.05, 0.1) is 0 Å². The van der Waals surface area contributed by atoms with E-state index in [9.17, 15) is 0 Å². The lowest BCUT2D eigenvalue weighted by molar-refractivity contribution is 0.321. The second-order valence-electron chi connectivity index (χ2n) is 4.18. The molecule has 3 heteroatoms. The molecule has 0 spiro atoms. The van der Waals surface area contributed by atoms with Gasteiger partial charge in [0, 0.05) is 30.9 Å². The minimum Gasteiger partial charge on any atom is -0.316 e. The molecule has 1 saturated heterocycles. The van der Waals surface area contributed by atoms with Crippen molar-refractivity contribution in [3.63, 3.8) is 0 Å². The van der Waals surface area contributed by atoms with Gasteiger partial charge in [-0.3, -0.25) is 4.68 Å². The summed E-state index contributed by atoms with van der Waals surface area (Å²) in [5, 5.41) is 7.68. The Morgan fingerprint density at radius 2 is 2.46 bits per heavy atom. The molecular weight excluding hydrogens is 162 g/mol. The number of aromatic nitrogens is 2. The van der Waals surface area contributed by atoms with Crippen molar-refractivity contribution in [3.05, 3.63) is 18.0 Å². The predicted molar refractivity (Wildman–Crippen MR) is 52.7 cm³/mol. The van der Waals surface area contributed by atoms with E-state index in [1.54, 1.807) is 0 Å². The molecular formula is C10H17N3. The molecule has 2 heterocycles. The maximum absolute atomic E-state index is 4.23. The number of nitrogens with one attached hydrogen (secondary N) is 1. The van der Waals surface area contributed by atoms with Crippen molar-refractivity contribution < 1.29 is 0 Å². The smallest absolute Gasteiger partial charge is 0.0492 e. The third kappa shape index (κ3) is 1.48. The summed E-state index contributed by atoms with van der Waals surface area (Å²) in [5.74, 6) is 0. The minimum atomic E-state index is 0.281. The molecule has 0 aromatic carbocycles. The molecule has 0 aliphatic carbocycles. The van der Waals surface area contributed by atoms with Crippen LogP contribution in [0.2, 0.25) is 0 Å². The highest BCUT2D eigenvalue weighted by Gasteiger charge is 2.30. The highest BCUT2D eigenvalue weighted by Crippen LogP contribution is 2.29. The maximum atomic E-state index is 4.23. The summed E-state index contributed by atoms with van der Waals surface area (Å²) in [6.45, 7) is 4.55. The Kier molecular flexibility index (Phi) is 2.12. The second-order valence-corrected chi connectivity index (χ2v) is 4.18. The van der Waals surface area contributed by atoms with Crippen LogP contribution in [0, 0.1) is 0 Å². The van der Waals surface area contributed by atoms with Crippen molar-refractivity contribution in [2.75, 3.05) is 13.1 Å². The van der Waals surface area contributed by atoms with Crippen molar-refractivity contribution in [2.45, 2.75) is 25.2 Å². The van der Waals surface area contributed by atoms with E-state index in [2.05, 4.69) is 23.4 Å². The Balaban J connectivity index is 2.27. The molecule has 13 heavy (non-hydrogen) atoms. The molecule has 1 aromatic rings. The third-order valence-corrected chi connectivity index (χ3v) is 3.04. The predicted octanol–water partition coefficient (Wildman–Crippen LogP) is 1.06. The molecule has 0 radical (unpaired) electrons. The Hall–Kier alpha value is -0.830. The van der Waals surface area contributed by atoms with Crippen molar-refractivity contribution in [2.24, 2.45) is 7.05 Å². The standard InChI is InChI=1S/C10H17N3/c1-10(5-3-6-11-8-10)9-4-7-12-13(9)2/h4,7,11H,3,5-6,8H2,1-2H3. The molecule has 1 aromatic heterocycles. The van der Waals surface area contributed by atoms with Gasteiger partial charge in [-0.25, -0.2) is 0 Å². The van der Waals surface area contributed by atoms with Gasteiger partial charge in [-0.2, -0.15) is 5.10 Å². The molecule has 3 nitrogen and oxygen atoms in total. The average Bonchev–Trinajstić information content (AvgIpc) is 2.53. The molecule has 1 unspecified atom stereocenters. The zero-order valence-electron chi connectivity index (χ0n) is 8.38. The van der Waals surface area contributed by atoms with Crippen LogP contribution in [0.3, 0.4) is 0 Å². The molecule has 1 aliphatic heterocycles. The molecule has 72 valence electrons. The van der Waals surface area contributed by atoms with Gasteiger partial charge in [-0.1, -0.05) is 6.92 Å². The van der Waals surface area contributed by atoms with Crippen LogP contribution < -0.4 is 5.32 Å². The highest BCUT2D eigenvalue weighted by atomic mass is 15.3. The summed E-state index contributed by atoms with van der Waals surface area (Å²) < 4.78 is 1.99. The van der Waals surface area contributed by atoms with E-state index in [0.717, 1.165) is 13.1 Å². The molecule has 0 amide bonds. The topological polar surface area (TPSA) is 29.9 Å². The SMILES string of the molecule is Cn1nccc1C1(C)CCCNC1. The fraction of sp³-hybridized carbons (Fsp3) is 0.700. The van der Waals surface area contributed by atoms with Crippen LogP contribution in [0.1, 0.15) is 25.5 Å². The summed E-state index contributed by atoms with van der Waals surface area (Å²) in [7, 11) is 2.02. The first kappa shape index (κ1) is 8.75. The molecule has 1 aliphatic rings. The number of rotatable bonds is 1. The number of aryl methyl sites for hydroxylation is 1. The highest BCUT2D eigenvalue weighted by molar-refractivity contribution is 5.16. The lowest BCUT2D eigenvalue weighted by atomic mass is 9.80. The van der Waals surface area contributed by atoms with E-state index in [1.165, 1.54) is 18.5 Å². The van der Waals surface area contributed by atoms with Gasteiger partial charge in [0.25, 0.3) is 0 Å². The maximum Gasteiger partial charge on any atom is 0.0492 e. The number of nitrogens with zero attached hydrogens (tertiary/aromatic N) is 2. The summed E-state index contributed by atoms with van der Waals surface area (Å²) >= 11 is 0. The van der Waals surface area contributed by atoms with Crippen molar-refractivity contribution >= 4 is 0 Å². The summed E-state index contributed by atoms with van der Waals surface area (Å²) in [5.41, 5.74) is 1.63. The molecule has 0 saturated carbocycles. The second kappa shape index (κ2) is 3.14. The van der Waals surface area contributed by atoms with Crippen LogP contribution in [0.25, 0.3) is 0 Å². The van der Waals surface area contributed by atoms with Gasteiger partial charge in [0.15, 0.2) is 0 Å². The van der Waals surface area contributed by atoms with Gasteiger partial charge < -0.3 is 5.32 Å². The van der Waals surface area contributed by atoms with Gasteiger partial charge in [-0.05, 0) is 25.5 Å². The molecule has 2 rings (SSSR count). The molecule has 1 N–H and O–H groups in total. The van der Waals surface area contributed by atoms with Gasteiger partial charge in [-0.15, -0.1) is 0 Å². The van der Waals surface area contributed by atoms with E-state index in [-0.39, 0.29) is 5.41 Å². The molecule has 1 atom stereocenters. The van der Waals surface area contributed by atoms with E-state index in [1.807, 2.05) is 17.9 Å². The number of piperidine rings is 1. The first-order valence-electron chi connectivity index (χ1n) is 4.92. The van der Waals surface area contributed by atoms with E-state index in [0.29, 0.717) is 0 Å². The first-order chi connectivity index (χ1) is 6.22. The van der Waals surface area contributed by atoms with Gasteiger partial charge in [0.1, 0.15) is 0 Å². The normalized spacial score (nSPS) is 29.1. The molecule has 1 fully saturated rings. The first-order valence-corrected chi connectivity index (χ1v) is 4.92. The average molecular weight is 179 g/mol. The Morgan fingerprint density at radius 1 is 1.62 bits per heavy atom. The van der Waals surface area contributed by atoms with Gasteiger partial charge >= 0.3 is 0 Å². The fourth-order valence-electron chi connectivity index (χ4n) is 2.24. The Bertz CT molecular complexity index is 284. The quantitative estimate of drug-likeness (QED) is 0.698. The number of hydrogen-bond acceptors (Lipinski definition) is 2. The lowest BCUT2D eigenvalue weighted by Crippen LogP contribution is -2.42. The zero-order chi connectivity index (χ0) is 9.31. The summed E-state index contributed by atoms with van der Waals surface area (Å²) in [6, 6.07) is 2.13. The Labute approximate surface area is 79.1 Å². The van der Waals surface area contributed by atoms with Crippen LogP contribution in [0.4, 0.5) is 0 Å². The third-order valence-electron chi connectivity index (χ3n) is 3.04. The summed E-state index contributed by atoms with van der Waals surface area (Å²) in [6.07, 6.45) is 4.41. The zero-order valence-corrected chi connectivity index (χ0v) is 8.38. The van der Waals surface area contributed by atoms with E-state index >= 15 is 0 Å². The van der Waals surface area contributed by atoms with Crippen LogP contribution in [-0.2, 0) is 12.5 Å². The monoisotopic (exact) mass is 179 g/mol. The van der Waals surface area contributed by atoms with Crippen molar-refractivity contribution in [1.29, 1.82) is 0 Å². The fourth-order valence-corrected chi connectivity index (χ4v) is 2.24. The van der Waals surface area contributed by atoms with Crippen molar-refractivity contribution in [1.82, 2.24) is 15.1 Å². The Morgan fingerprint density at radius 3 is 3.00 bits per heavy atom. The number of hydrogen-bond donors (Lipinski definition) is 1. The van der Waals surface area contributed by atoms with Crippen LogP contribution in [-0.4, -0.2) is 22.9 Å². The molecule has 0 bridgehead atoms.